The van der Waals surface area contributed by atoms with Gasteiger partial charge in [0.1, 0.15) is 0 Å². The Morgan fingerprint density at radius 1 is 1.24 bits per heavy atom. The van der Waals surface area contributed by atoms with Crippen LogP contribution in [-0.2, 0) is 9.53 Å². The van der Waals surface area contributed by atoms with E-state index in [1.807, 2.05) is 6.07 Å². The molecule has 0 aromatic heterocycles. The van der Waals surface area contributed by atoms with Gasteiger partial charge in [-0.2, -0.15) is 5.26 Å². The number of esters is 1. The van der Waals surface area contributed by atoms with Gasteiger partial charge >= 0.3 is 5.97 Å². The van der Waals surface area contributed by atoms with Crippen LogP contribution < -0.4 is 10.1 Å². The van der Waals surface area contributed by atoms with E-state index in [-0.39, 0.29) is 11.3 Å². The molecule has 0 aliphatic heterocycles. The Morgan fingerprint density at radius 3 is 2.64 bits per heavy atom. The highest BCUT2D eigenvalue weighted by atomic mass is 19.1. The van der Waals surface area contributed by atoms with E-state index in [2.05, 4.69) is 5.32 Å². The molecule has 0 saturated carbocycles. The van der Waals surface area contributed by atoms with Crippen LogP contribution in [0.25, 0.3) is 0 Å². The number of methoxy groups -OCH3 is 1. The highest BCUT2D eigenvalue weighted by Gasteiger charge is 2.20. The molecule has 1 N–H and O–H groups in total. The Morgan fingerprint density at radius 2 is 2.00 bits per heavy atom. The summed E-state index contributed by atoms with van der Waals surface area (Å²) in [6.07, 6.45) is -1.11. The SMILES string of the molecule is COc1ccc(C(=O)O[C@@H](C)C(=O)Nc2cccc(C#N)c2)cc1F. The van der Waals surface area contributed by atoms with Gasteiger partial charge in [0.05, 0.1) is 24.3 Å². The van der Waals surface area contributed by atoms with Crippen LogP contribution in [0.5, 0.6) is 5.75 Å². The number of anilines is 1. The third kappa shape index (κ3) is 4.54. The lowest BCUT2D eigenvalue weighted by Gasteiger charge is -2.14. The highest BCUT2D eigenvalue weighted by molar-refractivity contribution is 5.97. The summed E-state index contributed by atoms with van der Waals surface area (Å²) in [5.41, 5.74) is 0.753. The number of nitriles is 1. The maximum atomic E-state index is 13.6. The van der Waals surface area contributed by atoms with Crippen molar-refractivity contribution in [1.82, 2.24) is 0 Å². The minimum absolute atomic E-state index is 0.000263. The van der Waals surface area contributed by atoms with Gasteiger partial charge in [-0.1, -0.05) is 6.07 Å². The smallest absolute Gasteiger partial charge is 0.339 e. The second-order valence-corrected chi connectivity index (χ2v) is 5.08. The molecule has 1 atom stereocenters. The van der Waals surface area contributed by atoms with E-state index >= 15 is 0 Å². The van der Waals surface area contributed by atoms with Crippen molar-refractivity contribution in [3.05, 3.63) is 59.4 Å². The molecule has 0 bridgehead atoms. The molecular formula is C18H15FN2O4. The van der Waals surface area contributed by atoms with E-state index in [0.717, 1.165) is 6.07 Å². The highest BCUT2D eigenvalue weighted by Crippen LogP contribution is 2.18. The van der Waals surface area contributed by atoms with Gasteiger partial charge in [0.2, 0.25) is 0 Å². The first-order chi connectivity index (χ1) is 11.9. The van der Waals surface area contributed by atoms with Crippen LogP contribution in [-0.4, -0.2) is 25.1 Å². The van der Waals surface area contributed by atoms with Crippen molar-refractivity contribution in [2.24, 2.45) is 0 Å². The Labute approximate surface area is 143 Å². The first-order valence-corrected chi connectivity index (χ1v) is 7.30. The number of hydrogen-bond acceptors (Lipinski definition) is 5. The Hall–Kier alpha value is -3.40. The Kier molecular flexibility index (Phi) is 5.69. The molecule has 0 saturated heterocycles. The van der Waals surface area contributed by atoms with E-state index in [9.17, 15) is 14.0 Å². The molecule has 6 nitrogen and oxygen atoms in total. The third-order valence-corrected chi connectivity index (χ3v) is 3.30. The van der Waals surface area contributed by atoms with Crippen LogP contribution >= 0.6 is 0 Å². The molecular weight excluding hydrogens is 327 g/mol. The maximum absolute atomic E-state index is 13.6. The molecule has 0 aliphatic rings. The molecule has 25 heavy (non-hydrogen) atoms. The fraction of sp³-hybridized carbons (Fsp3) is 0.167. The van der Waals surface area contributed by atoms with Gasteiger partial charge in [-0.15, -0.1) is 0 Å². The van der Waals surface area contributed by atoms with Gasteiger partial charge in [-0.05, 0) is 43.3 Å². The van der Waals surface area contributed by atoms with Crippen molar-refractivity contribution in [2.45, 2.75) is 13.0 Å². The second-order valence-electron chi connectivity index (χ2n) is 5.08. The Bertz CT molecular complexity index is 845. The molecule has 0 radical (unpaired) electrons. The first-order valence-electron chi connectivity index (χ1n) is 7.30. The normalized spacial score (nSPS) is 11.1. The number of rotatable bonds is 5. The summed E-state index contributed by atoms with van der Waals surface area (Å²) in [4.78, 5) is 24.1. The summed E-state index contributed by atoms with van der Waals surface area (Å²) < 4.78 is 23.4. The number of nitrogens with one attached hydrogen (secondary N) is 1. The number of carbonyl (C=O) groups excluding carboxylic acids is 2. The van der Waals surface area contributed by atoms with E-state index in [0.29, 0.717) is 11.3 Å². The lowest BCUT2D eigenvalue weighted by molar-refractivity contribution is -0.123. The monoisotopic (exact) mass is 342 g/mol. The lowest BCUT2D eigenvalue weighted by Crippen LogP contribution is -2.30. The minimum atomic E-state index is -1.11. The van der Waals surface area contributed by atoms with Crippen LogP contribution in [0.4, 0.5) is 10.1 Å². The predicted molar refractivity (Wildman–Crippen MR) is 87.6 cm³/mol. The minimum Gasteiger partial charge on any atom is -0.494 e. The summed E-state index contributed by atoms with van der Waals surface area (Å²) >= 11 is 0. The summed E-state index contributed by atoms with van der Waals surface area (Å²) in [5.74, 6) is -2.12. The topological polar surface area (TPSA) is 88.4 Å². The zero-order valence-electron chi connectivity index (χ0n) is 13.6. The second kappa shape index (κ2) is 7.93. The molecule has 2 aromatic carbocycles. The van der Waals surface area contributed by atoms with Crippen molar-refractivity contribution >= 4 is 17.6 Å². The summed E-state index contributed by atoms with van der Waals surface area (Å²) in [6, 6.07) is 11.9. The number of benzene rings is 2. The average molecular weight is 342 g/mol. The predicted octanol–water partition coefficient (Wildman–Crippen LogP) is 2.89. The average Bonchev–Trinajstić information content (AvgIpc) is 2.61. The van der Waals surface area contributed by atoms with E-state index < -0.39 is 23.8 Å². The van der Waals surface area contributed by atoms with Gasteiger partial charge in [0, 0.05) is 5.69 Å². The number of ether oxygens (including phenoxy) is 2. The number of halogens is 1. The molecule has 2 rings (SSSR count). The van der Waals surface area contributed by atoms with Gasteiger partial charge in [-0.25, -0.2) is 9.18 Å². The standard InChI is InChI=1S/C18H15FN2O4/c1-11(17(22)21-14-5-3-4-12(8-14)10-20)25-18(23)13-6-7-16(24-2)15(19)9-13/h3-9,11H,1-2H3,(H,21,22)/t11-/m0/s1. The molecule has 0 heterocycles. The fourth-order valence-corrected chi connectivity index (χ4v) is 1.99. The van der Waals surface area contributed by atoms with Crippen molar-refractivity contribution in [3.63, 3.8) is 0 Å². The number of amides is 1. The molecule has 1 amide bonds. The fourth-order valence-electron chi connectivity index (χ4n) is 1.99. The Balaban J connectivity index is 2.01. The van der Waals surface area contributed by atoms with E-state index in [1.54, 1.807) is 18.2 Å². The maximum Gasteiger partial charge on any atom is 0.339 e. The van der Waals surface area contributed by atoms with Crippen LogP contribution in [0, 0.1) is 17.1 Å². The van der Waals surface area contributed by atoms with Gasteiger partial charge in [0.25, 0.3) is 5.91 Å². The summed E-state index contributed by atoms with van der Waals surface area (Å²) in [7, 11) is 1.31. The first kappa shape index (κ1) is 17.9. The van der Waals surface area contributed by atoms with Crippen molar-refractivity contribution in [1.29, 1.82) is 5.26 Å². The molecule has 0 spiro atoms. The molecule has 7 heteroatoms. The third-order valence-electron chi connectivity index (χ3n) is 3.30. The van der Waals surface area contributed by atoms with Crippen LogP contribution in [0.1, 0.15) is 22.8 Å². The number of hydrogen-bond donors (Lipinski definition) is 1. The van der Waals surface area contributed by atoms with Crippen LogP contribution in [0.3, 0.4) is 0 Å². The van der Waals surface area contributed by atoms with Crippen molar-refractivity contribution < 1.29 is 23.5 Å². The van der Waals surface area contributed by atoms with Crippen molar-refractivity contribution in [2.75, 3.05) is 12.4 Å². The van der Waals surface area contributed by atoms with E-state index in [1.165, 1.54) is 32.2 Å². The quantitative estimate of drug-likeness (QED) is 0.844. The van der Waals surface area contributed by atoms with Gasteiger partial charge < -0.3 is 14.8 Å². The van der Waals surface area contributed by atoms with Gasteiger partial charge in [0.15, 0.2) is 17.7 Å². The number of nitrogens with zero attached hydrogens (tertiary/aromatic N) is 1. The molecule has 2 aromatic rings. The summed E-state index contributed by atoms with van der Waals surface area (Å²) in [5, 5.41) is 11.4. The van der Waals surface area contributed by atoms with Gasteiger partial charge in [-0.3, -0.25) is 4.79 Å². The molecule has 128 valence electrons. The summed E-state index contributed by atoms with van der Waals surface area (Å²) in [6.45, 7) is 1.39. The largest absolute Gasteiger partial charge is 0.494 e. The van der Waals surface area contributed by atoms with E-state index in [4.69, 9.17) is 14.7 Å². The molecule has 0 unspecified atom stereocenters. The number of carbonyl (C=O) groups is 2. The van der Waals surface area contributed by atoms with Crippen LogP contribution in [0.15, 0.2) is 42.5 Å². The van der Waals surface area contributed by atoms with Crippen LogP contribution in [0.2, 0.25) is 0 Å². The molecule has 0 aliphatic carbocycles. The zero-order chi connectivity index (χ0) is 18.4. The van der Waals surface area contributed by atoms with Crippen molar-refractivity contribution in [3.8, 4) is 11.8 Å². The zero-order valence-corrected chi connectivity index (χ0v) is 13.6. The lowest BCUT2D eigenvalue weighted by atomic mass is 10.2. The molecule has 0 fully saturated rings.